The summed E-state index contributed by atoms with van der Waals surface area (Å²) < 4.78 is 0.545. The molecule has 0 aromatic heterocycles. The predicted octanol–water partition coefficient (Wildman–Crippen LogP) is -3.55. The molecule has 0 radical (unpaired) electrons. The number of quaternary nitrogens is 1. The number of rotatable bonds is 7. The van der Waals surface area contributed by atoms with Gasteiger partial charge in [0.1, 0.15) is 12.3 Å². The van der Waals surface area contributed by atoms with E-state index in [0.717, 1.165) is 26.2 Å². The summed E-state index contributed by atoms with van der Waals surface area (Å²) in [6, 6.07) is 6.47. The van der Waals surface area contributed by atoms with Crippen LogP contribution < -0.4 is 17.7 Å². The topological polar surface area (TPSA) is 93.0 Å². The largest absolute Gasteiger partial charge is 1.00 e. The number of aliphatic hydroxyl groups is 2. The number of anilines is 1. The molecule has 1 aliphatic heterocycles. The second kappa shape index (κ2) is 9.80. The summed E-state index contributed by atoms with van der Waals surface area (Å²) in [5.74, 6) is -0.0145. The van der Waals surface area contributed by atoms with Crippen LogP contribution in [0.5, 0.6) is 5.75 Å². The molecule has 7 nitrogen and oxygen atoms in total. The molecule has 0 atom stereocenters. The van der Waals surface area contributed by atoms with Crippen molar-refractivity contribution in [1.82, 2.24) is 4.90 Å². The van der Waals surface area contributed by atoms with E-state index in [1.165, 1.54) is 6.07 Å². The second-order valence-electron chi connectivity index (χ2n) is 6.06. The lowest BCUT2D eigenvalue weighted by atomic mass is 10.2. The van der Waals surface area contributed by atoms with Crippen LogP contribution in [0.15, 0.2) is 24.3 Å². The number of nitrogens with one attached hydrogen (secondary N) is 1. The third-order valence-corrected chi connectivity index (χ3v) is 4.38. The lowest BCUT2D eigenvalue weighted by Crippen LogP contribution is -3.00. The minimum Gasteiger partial charge on any atom is -1.00 e. The number of amides is 1. The van der Waals surface area contributed by atoms with Crippen molar-refractivity contribution >= 4 is 11.6 Å². The number of aliphatic hydroxyl groups excluding tert-OH is 2. The lowest BCUT2D eigenvalue weighted by molar-refractivity contribution is -0.924. The van der Waals surface area contributed by atoms with Crippen LogP contribution in [0, 0.1) is 0 Å². The summed E-state index contributed by atoms with van der Waals surface area (Å²) in [5.41, 5.74) is 0.566. The number of carbonyl (C=O) groups excluding carboxylic acids is 1. The fraction of sp³-hybridized carbons (Fsp3) is 0.562. The highest BCUT2D eigenvalue weighted by molar-refractivity contribution is 5.91. The van der Waals surface area contributed by atoms with Gasteiger partial charge >= 0.3 is 0 Å². The zero-order valence-electron chi connectivity index (χ0n) is 13.7. The first-order valence-electron chi connectivity index (χ1n) is 7.95. The number of β-amino-alcohol motifs (C(OH)–C–C–N with tert-alkyl or cyclic N) is 1. The maximum atomic E-state index is 12.3. The second-order valence-corrected chi connectivity index (χ2v) is 6.06. The van der Waals surface area contributed by atoms with E-state index in [1.807, 2.05) is 0 Å². The Morgan fingerprint density at radius 1 is 1.21 bits per heavy atom. The van der Waals surface area contributed by atoms with Crippen molar-refractivity contribution in [3.8, 4) is 5.75 Å². The molecule has 1 heterocycles. The molecule has 4 N–H and O–H groups in total. The van der Waals surface area contributed by atoms with Gasteiger partial charge in [-0.15, -0.1) is 0 Å². The number of aromatic hydroxyl groups is 1. The molecule has 1 amide bonds. The van der Waals surface area contributed by atoms with Crippen molar-refractivity contribution < 1.29 is 37.0 Å². The van der Waals surface area contributed by atoms with Gasteiger partial charge in [0.25, 0.3) is 5.91 Å². The Morgan fingerprint density at radius 2 is 1.92 bits per heavy atom. The van der Waals surface area contributed by atoms with E-state index in [4.69, 9.17) is 5.11 Å². The first kappa shape index (κ1) is 20.7. The highest BCUT2D eigenvalue weighted by Crippen LogP contribution is 2.17. The Labute approximate surface area is 148 Å². The number of phenolic OH excluding ortho intramolecular Hbond substituents is 1. The van der Waals surface area contributed by atoms with Crippen LogP contribution in [0.25, 0.3) is 0 Å². The van der Waals surface area contributed by atoms with Gasteiger partial charge < -0.3 is 37.5 Å². The molecular formula is C16H26ClN3O4. The van der Waals surface area contributed by atoms with Crippen LogP contribution in [0.4, 0.5) is 5.69 Å². The van der Waals surface area contributed by atoms with Crippen LogP contribution in [0.2, 0.25) is 0 Å². The van der Waals surface area contributed by atoms with E-state index in [-0.39, 0.29) is 37.3 Å². The van der Waals surface area contributed by atoms with Gasteiger partial charge in [-0.2, -0.15) is 0 Å². The fourth-order valence-electron chi connectivity index (χ4n) is 3.06. The Balaban J connectivity index is 0.00000288. The third kappa shape index (κ3) is 5.92. The van der Waals surface area contributed by atoms with Crippen molar-refractivity contribution in [2.24, 2.45) is 0 Å². The van der Waals surface area contributed by atoms with Crippen molar-refractivity contribution in [2.45, 2.75) is 0 Å². The summed E-state index contributed by atoms with van der Waals surface area (Å²) in [4.78, 5) is 14.5. The Morgan fingerprint density at radius 3 is 2.50 bits per heavy atom. The van der Waals surface area contributed by atoms with E-state index in [2.05, 4.69) is 10.2 Å². The number of piperazine rings is 1. The Hall–Kier alpha value is -1.38. The van der Waals surface area contributed by atoms with Gasteiger partial charge in [0.15, 0.2) is 6.54 Å². The van der Waals surface area contributed by atoms with Crippen LogP contribution in [-0.4, -0.2) is 89.6 Å². The molecule has 8 heteroatoms. The number of hydrogen-bond acceptors (Lipinski definition) is 5. The van der Waals surface area contributed by atoms with Gasteiger partial charge in [0.2, 0.25) is 0 Å². The van der Waals surface area contributed by atoms with E-state index in [1.54, 1.807) is 18.2 Å². The number of nitrogens with zero attached hydrogens (tertiary/aromatic N) is 2. The highest BCUT2D eigenvalue weighted by atomic mass is 35.5. The van der Waals surface area contributed by atoms with Gasteiger partial charge in [-0.05, 0) is 12.1 Å². The van der Waals surface area contributed by atoms with E-state index >= 15 is 0 Å². The summed E-state index contributed by atoms with van der Waals surface area (Å²) in [5, 5.41) is 30.6. The Bertz CT molecular complexity index is 522. The highest BCUT2D eigenvalue weighted by Gasteiger charge is 2.34. The van der Waals surface area contributed by atoms with E-state index < -0.39 is 0 Å². The van der Waals surface area contributed by atoms with Gasteiger partial charge in [-0.25, -0.2) is 0 Å². The summed E-state index contributed by atoms with van der Waals surface area (Å²) in [6.45, 7) is 4.82. The first-order chi connectivity index (χ1) is 11.1. The van der Waals surface area contributed by atoms with Gasteiger partial charge in [-0.3, -0.25) is 9.69 Å². The first-order valence-corrected chi connectivity index (χ1v) is 7.95. The summed E-state index contributed by atoms with van der Waals surface area (Å²) >= 11 is 0. The molecule has 0 saturated carbocycles. The molecule has 1 aliphatic rings. The summed E-state index contributed by atoms with van der Waals surface area (Å²) in [7, 11) is 0. The van der Waals surface area contributed by atoms with E-state index in [0.29, 0.717) is 29.8 Å². The van der Waals surface area contributed by atoms with Crippen LogP contribution in [0.3, 0.4) is 0 Å². The van der Waals surface area contributed by atoms with Gasteiger partial charge in [0.05, 0.1) is 26.3 Å². The van der Waals surface area contributed by atoms with E-state index in [9.17, 15) is 15.0 Å². The summed E-state index contributed by atoms with van der Waals surface area (Å²) in [6.07, 6.45) is 0. The predicted molar refractivity (Wildman–Crippen MR) is 87.1 cm³/mol. The normalized spacial score (nSPS) is 17.1. The number of carbonyl (C=O) groups is 1. The smallest absolute Gasteiger partial charge is 0.279 e. The van der Waals surface area contributed by atoms with Crippen LogP contribution >= 0.6 is 0 Å². The number of halogens is 1. The van der Waals surface area contributed by atoms with Crippen LogP contribution in [-0.2, 0) is 4.79 Å². The minimum absolute atomic E-state index is 0. The van der Waals surface area contributed by atoms with Crippen molar-refractivity contribution in [3.05, 3.63) is 24.3 Å². The standard InChI is InChI=1S/C16H25N3O4.ClH/c20-10-6-18-4-7-19(8-5-18,9-11-21)13-16(23)17-14-2-1-3-15(22)12-14;/h1-3,12,20-21H,4-11,13H2,(H-,17,22,23);1H. The molecule has 2 rings (SSSR count). The molecule has 24 heavy (non-hydrogen) atoms. The minimum atomic E-state index is -0.125. The zero-order valence-corrected chi connectivity index (χ0v) is 14.5. The van der Waals surface area contributed by atoms with Crippen molar-refractivity contribution in [2.75, 3.05) is 64.3 Å². The number of hydrogen-bond donors (Lipinski definition) is 4. The molecule has 1 saturated heterocycles. The number of benzene rings is 1. The molecule has 1 aromatic carbocycles. The maximum absolute atomic E-state index is 12.3. The molecule has 0 bridgehead atoms. The SMILES string of the molecule is O=C(C[N+]1(CCO)CCN(CCO)CC1)Nc1cccc(O)c1.[Cl-]. The Kier molecular flexibility index (Phi) is 8.44. The monoisotopic (exact) mass is 359 g/mol. The molecule has 136 valence electrons. The van der Waals surface area contributed by atoms with Gasteiger partial charge in [0, 0.05) is 31.4 Å². The number of phenols is 1. The van der Waals surface area contributed by atoms with Crippen LogP contribution in [0.1, 0.15) is 0 Å². The average Bonchev–Trinajstić information content (AvgIpc) is 2.50. The molecule has 1 aromatic rings. The van der Waals surface area contributed by atoms with Gasteiger partial charge in [-0.1, -0.05) is 6.07 Å². The molecular weight excluding hydrogens is 334 g/mol. The molecule has 0 unspecified atom stereocenters. The molecule has 1 fully saturated rings. The fourth-order valence-corrected chi connectivity index (χ4v) is 3.06. The zero-order chi connectivity index (χ0) is 16.7. The maximum Gasteiger partial charge on any atom is 0.279 e. The lowest BCUT2D eigenvalue weighted by Gasteiger charge is -2.44. The average molecular weight is 360 g/mol. The van der Waals surface area contributed by atoms with Crippen molar-refractivity contribution in [3.63, 3.8) is 0 Å². The van der Waals surface area contributed by atoms with Crippen molar-refractivity contribution in [1.29, 1.82) is 0 Å². The molecule has 0 aliphatic carbocycles. The molecule has 0 spiro atoms. The quantitative estimate of drug-likeness (QED) is 0.378. The third-order valence-electron chi connectivity index (χ3n) is 4.38.